The van der Waals surface area contributed by atoms with Gasteiger partial charge in [-0.25, -0.2) is 0 Å². The van der Waals surface area contributed by atoms with E-state index < -0.39 is 0 Å². The smallest absolute Gasteiger partial charge is 0.161 e. The molecule has 2 rings (SSSR count). The molecule has 1 aromatic carbocycles. The first-order chi connectivity index (χ1) is 9.19. The highest BCUT2D eigenvalue weighted by Gasteiger charge is 2.21. The summed E-state index contributed by atoms with van der Waals surface area (Å²) in [6, 6.07) is 4.06. The molecule has 3 N–H and O–H groups in total. The number of nitrogens with zero attached hydrogens (tertiary/aromatic N) is 1. The van der Waals surface area contributed by atoms with Gasteiger partial charge in [-0.3, -0.25) is 0 Å². The SMILES string of the molecule is COc1cc2c(cc1OC)CCC(/C(N)=N/O)CC2. The molecule has 0 spiro atoms. The van der Waals surface area contributed by atoms with Crippen molar-refractivity contribution in [3.63, 3.8) is 0 Å². The van der Waals surface area contributed by atoms with Crippen LogP contribution in [0.1, 0.15) is 24.0 Å². The van der Waals surface area contributed by atoms with E-state index in [1.807, 2.05) is 12.1 Å². The van der Waals surface area contributed by atoms with E-state index in [0.29, 0.717) is 5.84 Å². The van der Waals surface area contributed by atoms with Gasteiger partial charge in [-0.05, 0) is 48.9 Å². The Labute approximate surface area is 113 Å². The number of amidine groups is 1. The van der Waals surface area contributed by atoms with E-state index in [2.05, 4.69) is 5.16 Å². The zero-order chi connectivity index (χ0) is 13.8. The first-order valence-electron chi connectivity index (χ1n) is 6.40. The van der Waals surface area contributed by atoms with Crippen LogP contribution in [0.3, 0.4) is 0 Å². The Kier molecular flexibility index (Phi) is 4.14. The van der Waals surface area contributed by atoms with E-state index in [-0.39, 0.29) is 5.92 Å². The van der Waals surface area contributed by atoms with Gasteiger partial charge in [0, 0.05) is 5.92 Å². The Morgan fingerprint density at radius 3 is 2.00 bits per heavy atom. The molecule has 0 radical (unpaired) electrons. The number of fused-ring (bicyclic) bond motifs is 1. The summed E-state index contributed by atoms with van der Waals surface area (Å²) in [5.41, 5.74) is 8.23. The average Bonchev–Trinajstić information content (AvgIpc) is 2.66. The number of benzene rings is 1. The number of ether oxygens (including phenoxy) is 2. The summed E-state index contributed by atoms with van der Waals surface area (Å²) in [5.74, 6) is 1.97. The lowest BCUT2D eigenvalue weighted by Crippen LogP contribution is -2.23. The van der Waals surface area contributed by atoms with Crippen molar-refractivity contribution in [3.05, 3.63) is 23.3 Å². The van der Waals surface area contributed by atoms with Gasteiger partial charge in [0.1, 0.15) is 5.84 Å². The van der Waals surface area contributed by atoms with Crippen molar-refractivity contribution in [2.24, 2.45) is 16.8 Å². The maximum Gasteiger partial charge on any atom is 0.161 e. The zero-order valence-corrected chi connectivity index (χ0v) is 11.3. The van der Waals surface area contributed by atoms with Crippen molar-refractivity contribution in [3.8, 4) is 11.5 Å². The van der Waals surface area contributed by atoms with E-state index in [9.17, 15) is 0 Å². The first kappa shape index (κ1) is 13.5. The molecule has 0 saturated heterocycles. The third-order valence-electron chi connectivity index (χ3n) is 3.76. The van der Waals surface area contributed by atoms with Gasteiger partial charge in [0.05, 0.1) is 14.2 Å². The van der Waals surface area contributed by atoms with Crippen molar-refractivity contribution in [1.82, 2.24) is 0 Å². The Hall–Kier alpha value is -1.91. The lowest BCUT2D eigenvalue weighted by Gasteiger charge is -2.12. The molecule has 104 valence electrons. The number of aryl methyl sites for hydroxylation is 2. The summed E-state index contributed by atoms with van der Waals surface area (Å²) in [4.78, 5) is 0. The summed E-state index contributed by atoms with van der Waals surface area (Å²) in [6.07, 6.45) is 3.57. The number of oxime groups is 1. The second-order valence-corrected chi connectivity index (χ2v) is 4.78. The quantitative estimate of drug-likeness (QED) is 0.287. The van der Waals surface area contributed by atoms with Crippen molar-refractivity contribution >= 4 is 5.84 Å². The molecular weight excluding hydrogens is 244 g/mol. The number of methoxy groups -OCH3 is 2. The van der Waals surface area contributed by atoms with E-state index in [4.69, 9.17) is 20.4 Å². The van der Waals surface area contributed by atoms with Gasteiger partial charge in [-0.15, -0.1) is 0 Å². The molecule has 0 heterocycles. The minimum atomic E-state index is 0.134. The molecule has 0 atom stereocenters. The van der Waals surface area contributed by atoms with Gasteiger partial charge >= 0.3 is 0 Å². The lowest BCUT2D eigenvalue weighted by atomic mass is 9.99. The minimum absolute atomic E-state index is 0.134. The summed E-state index contributed by atoms with van der Waals surface area (Å²) in [6.45, 7) is 0. The van der Waals surface area contributed by atoms with Gasteiger partial charge in [0.2, 0.25) is 0 Å². The van der Waals surface area contributed by atoms with Crippen LogP contribution in [-0.4, -0.2) is 25.3 Å². The number of rotatable bonds is 3. The van der Waals surface area contributed by atoms with Crippen LogP contribution in [0.5, 0.6) is 11.5 Å². The molecule has 0 aliphatic heterocycles. The summed E-state index contributed by atoms with van der Waals surface area (Å²) >= 11 is 0. The van der Waals surface area contributed by atoms with Gasteiger partial charge in [-0.2, -0.15) is 0 Å². The Balaban J connectivity index is 2.27. The van der Waals surface area contributed by atoms with Crippen LogP contribution in [0.2, 0.25) is 0 Å². The molecule has 0 amide bonds. The number of hydrogen-bond donors (Lipinski definition) is 2. The fraction of sp³-hybridized carbons (Fsp3) is 0.500. The summed E-state index contributed by atoms with van der Waals surface area (Å²) < 4.78 is 10.7. The molecule has 0 fully saturated rings. The van der Waals surface area contributed by atoms with Crippen molar-refractivity contribution in [1.29, 1.82) is 0 Å². The van der Waals surface area contributed by atoms with Crippen LogP contribution in [0.4, 0.5) is 0 Å². The van der Waals surface area contributed by atoms with Crippen LogP contribution < -0.4 is 15.2 Å². The van der Waals surface area contributed by atoms with Gasteiger partial charge in [0.25, 0.3) is 0 Å². The highest BCUT2D eigenvalue weighted by Crippen LogP contribution is 2.34. The van der Waals surface area contributed by atoms with E-state index in [1.54, 1.807) is 14.2 Å². The van der Waals surface area contributed by atoms with Crippen molar-refractivity contribution in [2.75, 3.05) is 14.2 Å². The minimum Gasteiger partial charge on any atom is -0.493 e. The fourth-order valence-corrected chi connectivity index (χ4v) is 2.61. The van der Waals surface area contributed by atoms with Gasteiger partial charge < -0.3 is 20.4 Å². The lowest BCUT2D eigenvalue weighted by molar-refractivity contribution is 0.312. The van der Waals surface area contributed by atoms with Gasteiger partial charge in [-0.1, -0.05) is 5.16 Å². The predicted molar refractivity (Wildman–Crippen MR) is 73.1 cm³/mol. The van der Waals surface area contributed by atoms with E-state index >= 15 is 0 Å². The number of hydrogen-bond acceptors (Lipinski definition) is 4. The highest BCUT2D eigenvalue weighted by molar-refractivity contribution is 5.82. The van der Waals surface area contributed by atoms with Crippen molar-refractivity contribution in [2.45, 2.75) is 25.7 Å². The first-order valence-corrected chi connectivity index (χ1v) is 6.40. The third kappa shape index (κ3) is 2.75. The maximum absolute atomic E-state index is 8.78. The largest absolute Gasteiger partial charge is 0.493 e. The van der Waals surface area contributed by atoms with Crippen LogP contribution in [0.25, 0.3) is 0 Å². The van der Waals surface area contributed by atoms with Crippen molar-refractivity contribution < 1.29 is 14.7 Å². The van der Waals surface area contributed by atoms with Crippen LogP contribution in [-0.2, 0) is 12.8 Å². The van der Waals surface area contributed by atoms with Crippen LogP contribution >= 0.6 is 0 Å². The Bertz CT molecular complexity index is 451. The molecule has 0 aromatic heterocycles. The van der Waals surface area contributed by atoms with E-state index in [1.165, 1.54) is 11.1 Å². The molecule has 5 nitrogen and oxygen atoms in total. The summed E-state index contributed by atoms with van der Waals surface area (Å²) in [5, 5.41) is 11.9. The monoisotopic (exact) mass is 264 g/mol. The normalized spacial score (nSPS) is 16.6. The van der Waals surface area contributed by atoms with Gasteiger partial charge in [0.15, 0.2) is 11.5 Å². The van der Waals surface area contributed by atoms with Crippen LogP contribution in [0, 0.1) is 5.92 Å². The highest BCUT2D eigenvalue weighted by atomic mass is 16.5. The molecule has 5 heteroatoms. The Morgan fingerprint density at radius 2 is 1.63 bits per heavy atom. The predicted octanol–water partition coefficient (Wildman–Crippen LogP) is 1.95. The molecule has 1 aliphatic rings. The summed E-state index contributed by atoms with van der Waals surface area (Å²) in [7, 11) is 3.28. The standard InChI is InChI=1S/C14H20N2O3/c1-18-12-7-10-5-3-9(14(15)16-17)4-6-11(10)8-13(12)19-2/h7-9,17H,3-6H2,1-2H3,(H2,15,16). The Morgan fingerprint density at radius 1 is 1.16 bits per heavy atom. The molecule has 19 heavy (non-hydrogen) atoms. The van der Waals surface area contributed by atoms with E-state index in [0.717, 1.165) is 37.2 Å². The molecule has 0 bridgehead atoms. The second kappa shape index (κ2) is 5.82. The molecule has 1 aliphatic carbocycles. The molecule has 1 aromatic rings. The molecule has 0 saturated carbocycles. The average molecular weight is 264 g/mol. The molecule has 0 unspecified atom stereocenters. The topological polar surface area (TPSA) is 77.1 Å². The zero-order valence-electron chi connectivity index (χ0n) is 11.3. The second-order valence-electron chi connectivity index (χ2n) is 4.78. The van der Waals surface area contributed by atoms with Crippen LogP contribution in [0.15, 0.2) is 17.3 Å². The molecular formula is C14H20N2O3. The maximum atomic E-state index is 8.78. The third-order valence-corrected chi connectivity index (χ3v) is 3.76. The number of nitrogens with two attached hydrogens (primary N) is 1. The fourth-order valence-electron chi connectivity index (χ4n) is 2.61.